The number of hydrogen-bond donors (Lipinski definition) is 2. The summed E-state index contributed by atoms with van der Waals surface area (Å²) in [5.41, 5.74) is -0.235. The number of benzene rings is 2. The summed E-state index contributed by atoms with van der Waals surface area (Å²) in [6, 6.07) is 8.42. The largest absolute Gasteiger partial charge is 0.477 e. The molecule has 2 N–H and O–H groups in total. The van der Waals surface area contributed by atoms with E-state index in [1.807, 2.05) is 0 Å². The first kappa shape index (κ1) is 17.5. The second-order valence-electron chi connectivity index (χ2n) is 5.54. The lowest BCUT2D eigenvalue weighted by atomic mass is 10.0. The Hall–Kier alpha value is -3.29. The Morgan fingerprint density at radius 1 is 1.15 bits per heavy atom. The van der Waals surface area contributed by atoms with Gasteiger partial charge in [0.05, 0.1) is 5.52 Å². The number of rotatable bonds is 5. The Morgan fingerprint density at radius 2 is 1.85 bits per heavy atom. The molecule has 0 unspecified atom stereocenters. The second kappa shape index (κ2) is 6.91. The summed E-state index contributed by atoms with van der Waals surface area (Å²) in [6.45, 7) is -2.93. The lowest BCUT2D eigenvalue weighted by molar-refractivity contribution is -0.0498. The van der Waals surface area contributed by atoms with Crippen molar-refractivity contribution in [2.45, 2.75) is 13.0 Å². The van der Waals surface area contributed by atoms with Gasteiger partial charge in [0.2, 0.25) is 5.43 Å². The maximum Gasteiger partial charge on any atom is 0.387 e. The van der Waals surface area contributed by atoms with Gasteiger partial charge in [-0.15, -0.1) is 0 Å². The van der Waals surface area contributed by atoms with Crippen molar-refractivity contribution in [3.05, 3.63) is 75.3 Å². The molecule has 0 aliphatic rings. The zero-order chi connectivity index (χ0) is 18.8. The third-order valence-electron chi connectivity index (χ3n) is 3.79. The minimum atomic E-state index is -2.93. The fourth-order valence-corrected chi connectivity index (χ4v) is 2.63. The molecular formula is C18H12F3NO4. The normalized spacial score (nSPS) is 11.1. The van der Waals surface area contributed by atoms with Crippen LogP contribution in [0, 0.1) is 5.82 Å². The Kier molecular flexibility index (Phi) is 4.66. The van der Waals surface area contributed by atoms with Crippen molar-refractivity contribution in [1.82, 2.24) is 4.98 Å². The highest BCUT2D eigenvalue weighted by Gasteiger charge is 2.15. The van der Waals surface area contributed by atoms with Crippen LogP contribution in [-0.4, -0.2) is 22.7 Å². The number of halogens is 3. The van der Waals surface area contributed by atoms with Gasteiger partial charge in [0.15, 0.2) is 0 Å². The minimum Gasteiger partial charge on any atom is -0.477 e. The molecule has 1 heterocycles. The number of carboxylic acids is 1. The molecule has 0 aliphatic carbocycles. The smallest absolute Gasteiger partial charge is 0.387 e. The number of nitrogens with one attached hydrogen (secondary N) is 1. The van der Waals surface area contributed by atoms with Crippen molar-refractivity contribution in [2.75, 3.05) is 0 Å². The lowest BCUT2D eigenvalue weighted by Crippen LogP contribution is -2.16. The highest BCUT2D eigenvalue weighted by atomic mass is 19.3. The molecule has 3 rings (SSSR count). The molecular weight excluding hydrogens is 351 g/mol. The van der Waals surface area contributed by atoms with Crippen molar-refractivity contribution in [3.8, 4) is 5.75 Å². The van der Waals surface area contributed by atoms with E-state index in [4.69, 9.17) is 5.11 Å². The standard InChI is InChI=1S/C18H12F3NO4/c19-14-7-10(5-9-1-3-11(4-2-9)26-18(20)21)6-12-15(14)22-8-13(16(12)23)17(24)25/h1-4,6-8,18H,5H2,(H,22,23)(H,24,25). The number of aromatic nitrogens is 1. The van der Waals surface area contributed by atoms with E-state index < -0.39 is 29.4 Å². The van der Waals surface area contributed by atoms with E-state index in [0.29, 0.717) is 11.1 Å². The summed E-state index contributed by atoms with van der Waals surface area (Å²) in [5.74, 6) is -2.10. The molecule has 0 spiro atoms. The summed E-state index contributed by atoms with van der Waals surface area (Å²) in [7, 11) is 0. The molecule has 0 bridgehead atoms. The van der Waals surface area contributed by atoms with Crippen LogP contribution in [0.4, 0.5) is 13.2 Å². The number of aromatic carboxylic acids is 1. The summed E-state index contributed by atoms with van der Waals surface area (Å²) >= 11 is 0. The van der Waals surface area contributed by atoms with E-state index in [1.54, 1.807) is 0 Å². The van der Waals surface area contributed by atoms with Crippen LogP contribution in [-0.2, 0) is 6.42 Å². The maximum absolute atomic E-state index is 14.2. The molecule has 2 aromatic carbocycles. The maximum atomic E-state index is 14.2. The monoisotopic (exact) mass is 363 g/mol. The van der Waals surface area contributed by atoms with Crippen LogP contribution in [0.3, 0.4) is 0 Å². The van der Waals surface area contributed by atoms with Gasteiger partial charge in [0, 0.05) is 11.6 Å². The van der Waals surface area contributed by atoms with Gasteiger partial charge in [-0.1, -0.05) is 12.1 Å². The zero-order valence-corrected chi connectivity index (χ0v) is 13.1. The number of carboxylic acid groups (broad SMARTS) is 1. The van der Waals surface area contributed by atoms with Gasteiger partial charge < -0.3 is 14.8 Å². The van der Waals surface area contributed by atoms with Crippen LogP contribution in [0.5, 0.6) is 5.75 Å². The Labute approximate surface area is 144 Å². The van der Waals surface area contributed by atoms with Gasteiger partial charge in [0.25, 0.3) is 0 Å². The van der Waals surface area contributed by atoms with E-state index in [0.717, 1.165) is 6.20 Å². The van der Waals surface area contributed by atoms with E-state index >= 15 is 0 Å². The molecule has 0 radical (unpaired) electrons. The van der Waals surface area contributed by atoms with Crippen molar-refractivity contribution in [2.24, 2.45) is 0 Å². The zero-order valence-electron chi connectivity index (χ0n) is 13.1. The molecule has 0 saturated carbocycles. The van der Waals surface area contributed by atoms with Crippen LogP contribution < -0.4 is 10.2 Å². The van der Waals surface area contributed by atoms with Crippen molar-refractivity contribution in [1.29, 1.82) is 0 Å². The van der Waals surface area contributed by atoms with E-state index in [-0.39, 0.29) is 23.1 Å². The van der Waals surface area contributed by atoms with Crippen molar-refractivity contribution >= 4 is 16.9 Å². The first-order chi connectivity index (χ1) is 12.3. The quantitative estimate of drug-likeness (QED) is 0.727. The van der Waals surface area contributed by atoms with E-state index in [9.17, 15) is 22.8 Å². The molecule has 0 amide bonds. The van der Waals surface area contributed by atoms with Crippen LogP contribution in [0.2, 0.25) is 0 Å². The van der Waals surface area contributed by atoms with Crippen molar-refractivity contribution < 1.29 is 27.8 Å². The predicted octanol–water partition coefficient (Wildman–Crippen LogP) is 3.56. The molecule has 0 aliphatic heterocycles. The number of ether oxygens (including phenoxy) is 1. The highest BCUT2D eigenvalue weighted by Crippen LogP contribution is 2.21. The Balaban J connectivity index is 1.96. The molecule has 3 aromatic rings. The molecule has 134 valence electrons. The van der Waals surface area contributed by atoms with E-state index in [1.165, 1.54) is 36.4 Å². The molecule has 26 heavy (non-hydrogen) atoms. The fourth-order valence-electron chi connectivity index (χ4n) is 2.63. The molecule has 0 fully saturated rings. The van der Waals surface area contributed by atoms with Gasteiger partial charge in [-0.2, -0.15) is 8.78 Å². The number of hydrogen-bond acceptors (Lipinski definition) is 3. The summed E-state index contributed by atoms with van der Waals surface area (Å²) in [6.07, 6.45) is 1.18. The van der Waals surface area contributed by atoms with Crippen LogP contribution in [0.25, 0.3) is 10.9 Å². The number of aromatic amines is 1. The molecule has 0 atom stereocenters. The third kappa shape index (κ3) is 3.53. The van der Waals surface area contributed by atoms with Crippen LogP contribution in [0.1, 0.15) is 21.5 Å². The van der Waals surface area contributed by atoms with Crippen molar-refractivity contribution in [3.63, 3.8) is 0 Å². The SMILES string of the molecule is O=C(O)c1c[nH]c2c(F)cc(Cc3ccc(OC(F)F)cc3)cc2c1=O. The van der Waals surface area contributed by atoms with Gasteiger partial charge in [-0.05, 0) is 41.8 Å². The first-order valence-corrected chi connectivity index (χ1v) is 7.46. The summed E-state index contributed by atoms with van der Waals surface area (Å²) < 4.78 is 42.8. The number of H-pyrrole nitrogens is 1. The summed E-state index contributed by atoms with van der Waals surface area (Å²) in [5, 5.41) is 8.94. The number of pyridine rings is 1. The van der Waals surface area contributed by atoms with Crippen LogP contribution >= 0.6 is 0 Å². The summed E-state index contributed by atoms with van der Waals surface area (Å²) in [4.78, 5) is 25.8. The third-order valence-corrected chi connectivity index (χ3v) is 3.79. The molecule has 1 aromatic heterocycles. The number of carbonyl (C=O) groups is 1. The Morgan fingerprint density at radius 3 is 2.46 bits per heavy atom. The van der Waals surface area contributed by atoms with Crippen LogP contribution in [0.15, 0.2) is 47.4 Å². The molecule has 8 heteroatoms. The topological polar surface area (TPSA) is 79.4 Å². The average molecular weight is 363 g/mol. The average Bonchev–Trinajstić information content (AvgIpc) is 2.57. The lowest BCUT2D eigenvalue weighted by Gasteiger charge is -2.08. The first-order valence-electron chi connectivity index (χ1n) is 7.46. The highest BCUT2D eigenvalue weighted by molar-refractivity contribution is 5.92. The van der Waals surface area contributed by atoms with Gasteiger partial charge in [-0.3, -0.25) is 4.79 Å². The molecule has 0 saturated heterocycles. The minimum absolute atomic E-state index is 0.00372. The fraction of sp³-hybridized carbons (Fsp3) is 0.111. The number of alkyl halides is 2. The predicted molar refractivity (Wildman–Crippen MR) is 87.4 cm³/mol. The second-order valence-corrected chi connectivity index (χ2v) is 5.54. The van der Waals surface area contributed by atoms with Gasteiger partial charge in [-0.25, -0.2) is 9.18 Å². The molecule has 5 nitrogen and oxygen atoms in total. The number of fused-ring (bicyclic) bond motifs is 1. The van der Waals surface area contributed by atoms with Gasteiger partial charge in [0.1, 0.15) is 17.1 Å². The van der Waals surface area contributed by atoms with E-state index in [2.05, 4.69) is 9.72 Å². The Bertz CT molecular complexity index is 1030. The van der Waals surface area contributed by atoms with Gasteiger partial charge >= 0.3 is 12.6 Å².